The van der Waals surface area contributed by atoms with Crippen LogP contribution in [0.3, 0.4) is 0 Å². The summed E-state index contributed by atoms with van der Waals surface area (Å²) in [6.07, 6.45) is 2.03. The zero-order chi connectivity index (χ0) is 12.7. The molecule has 0 saturated carbocycles. The summed E-state index contributed by atoms with van der Waals surface area (Å²) in [6, 6.07) is 0. The minimum absolute atomic E-state index is 0. The fourth-order valence-corrected chi connectivity index (χ4v) is 2.71. The highest BCUT2D eigenvalue weighted by Gasteiger charge is 2.18. The Morgan fingerprint density at radius 1 is 1.50 bits per heavy atom. The Bertz CT molecular complexity index is 307. The van der Waals surface area contributed by atoms with Gasteiger partial charge in [-0.2, -0.15) is 12.7 Å². The molecule has 1 rings (SSSR count). The van der Waals surface area contributed by atoms with Gasteiger partial charge in [0.25, 0.3) is 10.2 Å². The van der Waals surface area contributed by atoms with E-state index in [0.29, 0.717) is 25.6 Å². The number of rotatable bonds is 8. The van der Waals surface area contributed by atoms with Crippen LogP contribution in [-0.2, 0) is 14.9 Å². The van der Waals surface area contributed by atoms with Gasteiger partial charge >= 0.3 is 0 Å². The van der Waals surface area contributed by atoms with E-state index < -0.39 is 10.2 Å². The van der Waals surface area contributed by atoms with Gasteiger partial charge in [-0.1, -0.05) is 0 Å². The summed E-state index contributed by atoms with van der Waals surface area (Å²) in [5.41, 5.74) is 0. The first kappa shape index (κ1) is 18.1. The van der Waals surface area contributed by atoms with Crippen molar-refractivity contribution in [3.63, 3.8) is 0 Å². The molecule has 0 spiro atoms. The number of likely N-dealkylation sites (N-methyl/N-ethyl adjacent to an activating group) is 1. The van der Waals surface area contributed by atoms with Crippen molar-refractivity contribution < 1.29 is 13.2 Å². The predicted molar refractivity (Wildman–Crippen MR) is 74.3 cm³/mol. The summed E-state index contributed by atoms with van der Waals surface area (Å²) in [6.45, 7) is 3.33. The maximum Gasteiger partial charge on any atom is 0.279 e. The molecule has 1 aliphatic rings. The zero-order valence-electron chi connectivity index (χ0n) is 11.0. The molecular weight excluding hydrogens is 278 g/mol. The maximum absolute atomic E-state index is 11.8. The topological polar surface area (TPSA) is 70.7 Å². The molecule has 0 aromatic rings. The quantitative estimate of drug-likeness (QED) is 0.652. The second-order valence-electron chi connectivity index (χ2n) is 4.36. The van der Waals surface area contributed by atoms with Crippen molar-refractivity contribution in [3.8, 4) is 0 Å². The van der Waals surface area contributed by atoms with Crippen molar-refractivity contribution in [1.82, 2.24) is 14.3 Å². The van der Waals surface area contributed by atoms with Gasteiger partial charge in [0.2, 0.25) is 0 Å². The van der Waals surface area contributed by atoms with E-state index in [0.717, 1.165) is 25.9 Å². The first-order valence-electron chi connectivity index (χ1n) is 5.97. The second kappa shape index (κ2) is 9.06. The Balaban J connectivity index is 0.00000289. The number of methoxy groups -OCH3 is 1. The van der Waals surface area contributed by atoms with E-state index in [9.17, 15) is 8.42 Å². The van der Waals surface area contributed by atoms with Crippen molar-refractivity contribution in [2.75, 3.05) is 46.9 Å². The van der Waals surface area contributed by atoms with E-state index in [1.807, 2.05) is 0 Å². The fourth-order valence-electron chi connectivity index (χ4n) is 1.80. The maximum atomic E-state index is 11.8. The summed E-state index contributed by atoms with van der Waals surface area (Å²) in [4.78, 5) is 0. The Morgan fingerprint density at radius 2 is 2.22 bits per heavy atom. The van der Waals surface area contributed by atoms with Crippen molar-refractivity contribution in [2.24, 2.45) is 5.92 Å². The van der Waals surface area contributed by atoms with E-state index in [4.69, 9.17) is 4.74 Å². The first-order valence-corrected chi connectivity index (χ1v) is 7.41. The average molecular weight is 302 g/mol. The second-order valence-corrected chi connectivity index (χ2v) is 6.22. The zero-order valence-corrected chi connectivity index (χ0v) is 12.6. The average Bonchev–Trinajstić information content (AvgIpc) is 2.78. The standard InChI is InChI=1S/C10H23N3O3S.ClH/c1-13(7-8-16-2)17(14,15)12-6-4-10-3-5-11-9-10;/h10-12H,3-9H2,1-2H3;1H. The lowest BCUT2D eigenvalue weighted by molar-refractivity contribution is 0.184. The Kier molecular flexibility index (Phi) is 9.10. The van der Waals surface area contributed by atoms with E-state index in [2.05, 4.69) is 10.0 Å². The summed E-state index contributed by atoms with van der Waals surface area (Å²) >= 11 is 0. The van der Waals surface area contributed by atoms with Crippen molar-refractivity contribution in [1.29, 1.82) is 0 Å². The third-order valence-electron chi connectivity index (χ3n) is 3.02. The van der Waals surface area contributed by atoms with Gasteiger partial charge in [-0.15, -0.1) is 12.4 Å². The summed E-state index contributed by atoms with van der Waals surface area (Å²) in [5, 5.41) is 3.27. The monoisotopic (exact) mass is 301 g/mol. The van der Waals surface area contributed by atoms with E-state index >= 15 is 0 Å². The van der Waals surface area contributed by atoms with Crippen LogP contribution < -0.4 is 10.0 Å². The van der Waals surface area contributed by atoms with Gasteiger partial charge in [-0.25, -0.2) is 4.72 Å². The fraction of sp³-hybridized carbons (Fsp3) is 1.00. The molecule has 8 heteroatoms. The lowest BCUT2D eigenvalue weighted by Crippen LogP contribution is -2.40. The van der Waals surface area contributed by atoms with Crippen LogP contribution in [0, 0.1) is 5.92 Å². The molecule has 0 radical (unpaired) electrons. The van der Waals surface area contributed by atoms with Crippen molar-refractivity contribution in [3.05, 3.63) is 0 Å². The van der Waals surface area contributed by atoms with Crippen LogP contribution in [0.5, 0.6) is 0 Å². The third kappa shape index (κ3) is 6.31. The molecule has 18 heavy (non-hydrogen) atoms. The summed E-state index contributed by atoms with van der Waals surface area (Å²) in [7, 11) is -0.231. The summed E-state index contributed by atoms with van der Waals surface area (Å²) in [5.74, 6) is 0.599. The number of hydrogen-bond acceptors (Lipinski definition) is 4. The van der Waals surface area contributed by atoms with E-state index in [-0.39, 0.29) is 12.4 Å². The van der Waals surface area contributed by atoms with Gasteiger partial charge in [0.15, 0.2) is 0 Å². The van der Waals surface area contributed by atoms with Crippen LogP contribution in [-0.4, -0.2) is 59.7 Å². The highest BCUT2D eigenvalue weighted by molar-refractivity contribution is 7.87. The highest BCUT2D eigenvalue weighted by Crippen LogP contribution is 2.11. The Hall–Kier alpha value is 0.0800. The van der Waals surface area contributed by atoms with E-state index in [1.54, 1.807) is 14.2 Å². The molecule has 0 aromatic carbocycles. The predicted octanol–water partition coefficient (Wildman–Crippen LogP) is -0.180. The Morgan fingerprint density at radius 3 is 2.78 bits per heavy atom. The SMILES string of the molecule is COCCN(C)S(=O)(=O)NCCC1CCNC1.Cl. The largest absolute Gasteiger partial charge is 0.383 e. The molecule has 1 aliphatic heterocycles. The van der Waals surface area contributed by atoms with Crippen LogP contribution in [0.15, 0.2) is 0 Å². The minimum Gasteiger partial charge on any atom is -0.383 e. The van der Waals surface area contributed by atoms with Gasteiger partial charge in [0.05, 0.1) is 6.61 Å². The molecule has 0 aliphatic carbocycles. The van der Waals surface area contributed by atoms with Crippen LogP contribution in [0.1, 0.15) is 12.8 Å². The summed E-state index contributed by atoms with van der Waals surface area (Å²) < 4.78 is 32.2. The van der Waals surface area contributed by atoms with Crippen molar-refractivity contribution >= 4 is 22.6 Å². The lowest BCUT2D eigenvalue weighted by Gasteiger charge is -2.17. The van der Waals surface area contributed by atoms with Gasteiger partial charge in [0.1, 0.15) is 0 Å². The molecule has 2 N–H and O–H groups in total. The molecule has 0 amide bonds. The van der Waals surface area contributed by atoms with Gasteiger partial charge < -0.3 is 10.1 Å². The van der Waals surface area contributed by atoms with Gasteiger partial charge in [-0.3, -0.25) is 0 Å². The minimum atomic E-state index is -3.34. The molecule has 1 heterocycles. The van der Waals surface area contributed by atoms with Gasteiger partial charge in [0, 0.05) is 27.2 Å². The first-order chi connectivity index (χ1) is 8.06. The normalized spacial score (nSPS) is 20.1. The third-order valence-corrected chi connectivity index (χ3v) is 4.59. The number of halogens is 1. The molecule has 1 fully saturated rings. The number of nitrogens with one attached hydrogen (secondary N) is 2. The molecule has 110 valence electrons. The molecule has 1 atom stereocenters. The van der Waals surface area contributed by atoms with Crippen molar-refractivity contribution in [2.45, 2.75) is 12.8 Å². The van der Waals surface area contributed by atoms with Crippen LogP contribution in [0.25, 0.3) is 0 Å². The lowest BCUT2D eigenvalue weighted by atomic mass is 10.1. The molecular formula is C10H24ClN3O3S. The molecule has 6 nitrogen and oxygen atoms in total. The van der Waals surface area contributed by atoms with Gasteiger partial charge in [-0.05, 0) is 31.8 Å². The highest BCUT2D eigenvalue weighted by atomic mass is 35.5. The molecule has 0 aromatic heterocycles. The number of ether oxygens (including phenoxy) is 1. The number of nitrogens with zero attached hydrogens (tertiary/aromatic N) is 1. The van der Waals surface area contributed by atoms with E-state index in [1.165, 1.54) is 4.31 Å². The Labute approximate surface area is 116 Å². The number of hydrogen-bond donors (Lipinski definition) is 2. The molecule has 0 bridgehead atoms. The molecule has 1 unspecified atom stereocenters. The van der Waals surface area contributed by atoms with Crippen LogP contribution in [0.4, 0.5) is 0 Å². The van der Waals surface area contributed by atoms with Crippen LogP contribution >= 0.6 is 12.4 Å². The van der Waals surface area contributed by atoms with Crippen LogP contribution in [0.2, 0.25) is 0 Å². The molecule has 1 saturated heterocycles. The smallest absolute Gasteiger partial charge is 0.279 e.